The minimum Gasteiger partial charge on any atom is -0.495 e. The third-order valence-corrected chi connectivity index (χ3v) is 3.53. The Morgan fingerprint density at radius 3 is 2.40 bits per heavy atom. The molecule has 0 heterocycles. The van der Waals surface area contributed by atoms with E-state index in [0.29, 0.717) is 24.4 Å². The first kappa shape index (κ1) is 18.3. The smallest absolute Gasteiger partial charge is 0.243 e. The fourth-order valence-corrected chi connectivity index (χ4v) is 2.31. The van der Waals surface area contributed by atoms with Gasteiger partial charge in [-0.05, 0) is 36.8 Å². The number of nitrogens with one attached hydrogen (secondary N) is 3. The summed E-state index contributed by atoms with van der Waals surface area (Å²) in [6, 6.07) is 14.7. The number of methoxy groups -OCH3 is 1. The highest BCUT2D eigenvalue weighted by Crippen LogP contribution is 2.22. The highest BCUT2D eigenvalue weighted by Gasteiger charge is 2.07. The molecular weight excluding hydrogens is 318 g/mol. The summed E-state index contributed by atoms with van der Waals surface area (Å²) in [5.41, 5.74) is 2.37. The van der Waals surface area contributed by atoms with E-state index in [9.17, 15) is 9.59 Å². The van der Waals surface area contributed by atoms with Crippen molar-refractivity contribution in [1.82, 2.24) is 5.32 Å². The molecular formula is C19H23N3O3. The maximum atomic E-state index is 12.1. The van der Waals surface area contributed by atoms with Crippen LogP contribution in [0.5, 0.6) is 5.75 Å². The fraction of sp³-hybridized carbons (Fsp3) is 0.263. The van der Waals surface area contributed by atoms with E-state index in [1.165, 1.54) is 0 Å². The van der Waals surface area contributed by atoms with Crippen molar-refractivity contribution in [2.75, 3.05) is 30.8 Å². The van der Waals surface area contributed by atoms with Crippen molar-refractivity contribution < 1.29 is 14.3 Å². The molecule has 2 aromatic carbocycles. The summed E-state index contributed by atoms with van der Waals surface area (Å²) in [6.07, 6.45) is 0.350. The van der Waals surface area contributed by atoms with Gasteiger partial charge in [-0.2, -0.15) is 0 Å². The molecule has 2 rings (SSSR count). The standard InChI is InChI=1S/C19H23N3O3/c1-3-20-18(23)12-14-8-10-15(11-9-14)21-13-19(24)22-16-6-4-5-7-17(16)25-2/h4-11,21H,3,12-13H2,1-2H3,(H,20,23)(H,22,24). The molecule has 3 N–H and O–H groups in total. The number of carbonyl (C=O) groups excluding carboxylic acids is 2. The Kier molecular flexibility index (Phi) is 6.83. The van der Waals surface area contributed by atoms with Gasteiger partial charge in [-0.3, -0.25) is 9.59 Å². The summed E-state index contributed by atoms with van der Waals surface area (Å²) in [5, 5.41) is 8.62. The van der Waals surface area contributed by atoms with Crippen LogP contribution in [0.4, 0.5) is 11.4 Å². The zero-order valence-electron chi connectivity index (χ0n) is 14.5. The number of ether oxygens (including phenoxy) is 1. The predicted octanol–water partition coefficient (Wildman–Crippen LogP) is 2.42. The van der Waals surface area contributed by atoms with Crippen LogP contribution >= 0.6 is 0 Å². The molecule has 132 valence electrons. The van der Waals surface area contributed by atoms with Crippen molar-refractivity contribution in [2.24, 2.45) is 0 Å². The zero-order chi connectivity index (χ0) is 18.1. The van der Waals surface area contributed by atoms with Gasteiger partial charge in [0.05, 0.1) is 25.8 Å². The molecule has 0 aliphatic heterocycles. The maximum absolute atomic E-state index is 12.1. The second-order valence-corrected chi connectivity index (χ2v) is 5.43. The van der Waals surface area contributed by atoms with Crippen molar-refractivity contribution in [3.05, 3.63) is 54.1 Å². The van der Waals surface area contributed by atoms with Crippen LogP contribution in [0, 0.1) is 0 Å². The molecule has 0 spiro atoms. The monoisotopic (exact) mass is 341 g/mol. The van der Waals surface area contributed by atoms with E-state index in [2.05, 4.69) is 16.0 Å². The third kappa shape index (κ3) is 5.84. The number of para-hydroxylation sites is 2. The SMILES string of the molecule is CCNC(=O)Cc1ccc(NCC(=O)Nc2ccccc2OC)cc1. The number of amides is 2. The number of likely N-dealkylation sites (N-methyl/N-ethyl adjacent to an activating group) is 1. The maximum Gasteiger partial charge on any atom is 0.243 e. The van der Waals surface area contributed by atoms with Crippen molar-refractivity contribution in [3.8, 4) is 5.75 Å². The third-order valence-electron chi connectivity index (χ3n) is 3.53. The van der Waals surface area contributed by atoms with Crippen LogP contribution in [0.25, 0.3) is 0 Å². The molecule has 0 aliphatic carbocycles. The van der Waals surface area contributed by atoms with Crippen LogP contribution in [-0.4, -0.2) is 32.0 Å². The van der Waals surface area contributed by atoms with E-state index in [0.717, 1.165) is 11.3 Å². The molecule has 0 bridgehead atoms. The Morgan fingerprint density at radius 2 is 1.72 bits per heavy atom. The minimum absolute atomic E-state index is 0.000560. The van der Waals surface area contributed by atoms with Gasteiger partial charge in [0.2, 0.25) is 11.8 Å². The number of carbonyl (C=O) groups is 2. The van der Waals surface area contributed by atoms with Crippen LogP contribution < -0.4 is 20.7 Å². The lowest BCUT2D eigenvalue weighted by Gasteiger charge is -2.11. The zero-order valence-corrected chi connectivity index (χ0v) is 14.5. The Balaban J connectivity index is 1.84. The predicted molar refractivity (Wildman–Crippen MR) is 98.9 cm³/mol. The van der Waals surface area contributed by atoms with Gasteiger partial charge in [-0.1, -0.05) is 24.3 Å². The van der Waals surface area contributed by atoms with Crippen LogP contribution in [0.1, 0.15) is 12.5 Å². The molecule has 0 aromatic heterocycles. The molecule has 6 heteroatoms. The van der Waals surface area contributed by atoms with E-state index < -0.39 is 0 Å². The van der Waals surface area contributed by atoms with Gasteiger partial charge in [0.15, 0.2) is 0 Å². The number of rotatable bonds is 8. The van der Waals surface area contributed by atoms with Gasteiger partial charge < -0.3 is 20.7 Å². The highest BCUT2D eigenvalue weighted by molar-refractivity contribution is 5.95. The second kappa shape index (κ2) is 9.32. The Bertz CT molecular complexity index is 714. The van der Waals surface area contributed by atoms with Gasteiger partial charge in [-0.15, -0.1) is 0 Å². The summed E-state index contributed by atoms with van der Waals surface area (Å²) in [5.74, 6) is 0.445. The van der Waals surface area contributed by atoms with Crippen LogP contribution in [0.2, 0.25) is 0 Å². The molecule has 0 atom stereocenters. The van der Waals surface area contributed by atoms with Crippen molar-refractivity contribution in [3.63, 3.8) is 0 Å². The van der Waals surface area contributed by atoms with E-state index in [-0.39, 0.29) is 18.4 Å². The number of benzene rings is 2. The normalized spacial score (nSPS) is 10.0. The topological polar surface area (TPSA) is 79.5 Å². The van der Waals surface area contributed by atoms with E-state index in [1.807, 2.05) is 43.3 Å². The number of hydrogen-bond acceptors (Lipinski definition) is 4. The van der Waals surface area contributed by atoms with Gasteiger partial charge in [0.1, 0.15) is 5.75 Å². The van der Waals surface area contributed by atoms with Crippen molar-refractivity contribution >= 4 is 23.2 Å². The highest BCUT2D eigenvalue weighted by atomic mass is 16.5. The van der Waals surface area contributed by atoms with Crippen LogP contribution in [0.15, 0.2) is 48.5 Å². The molecule has 25 heavy (non-hydrogen) atoms. The first-order valence-electron chi connectivity index (χ1n) is 8.14. The summed E-state index contributed by atoms with van der Waals surface area (Å²) < 4.78 is 5.20. The largest absolute Gasteiger partial charge is 0.495 e. The molecule has 0 aliphatic rings. The quantitative estimate of drug-likeness (QED) is 0.689. The van der Waals surface area contributed by atoms with E-state index in [4.69, 9.17) is 4.74 Å². The van der Waals surface area contributed by atoms with Gasteiger partial charge in [0, 0.05) is 12.2 Å². The molecule has 0 saturated carbocycles. The van der Waals surface area contributed by atoms with Gasteiger partial charge in [0.25, 0.3) is 0 Å². The molecule has 2 amide bonds. The van der Waals surface area contributed by atoms with Crippen molar-refractivity contribution in [2.45, 2.75) is 13.3 Å². The average molecular weight is 341 g/mol. The summed E-state index contributed by atoms with van der Waals surface area (Å²) in [4.78, 5) is 23.6. The summed E-state index contributed by atoms with van der Waals surface area (Å²) in [6.45, 7) is 2.65. The van der Waals surface area contributed by atoms with Crippen LogP contribution in [0.3, 0.4) is 0 Å². The number of hydrogen-bond donors (Lipinski definition) is 3. The van der Waals surface area contributed by atoms with Crippen LogP contribution in [-0.2, 0) is 16.0 Å². The summed E-state index contributed by atoms with van der Waals surface area (Å²) >= 11 is 0. The van der Waals surface area contributed by atoms with E-state index >= 15 is 0 Å². The lowest BCUT2D eigenvalue weighted by atomic mass is 10.1. The minimum atomic E-state index is -0.170. The lowest BCUT2D eigenvalue weighted by Crippen LogP contribution is -2.24. The Labute approximate surface area is 147 Å². The first-order chi connectivity index (χ1) is 12.1. The molecule has 0 radical (unpaired) electrons. The summed E-state index contributed by atoms with van der Waals surface area (Å²) in [7, 11) is 1.56. The molecule has 0 fully saturated rings. The Hall–Kier alpha value is -3.02. The van der Waals surface area contributed by atoms with Gasteiger partial charge in [-0.25, -0.2) is 0 Å². The molecule has 6 nitrogen and oxygen atoms in total. The average Bonchev–Trinajstić information content (AvgIpc) is 2.62. The van der Waals surface area contributed by atoms with Gasteiger partial charge >= 0.3 is 0 Å². The molecule has 2 aromatic rings. The lowest BCUT2D eigenvalue weighted by molar-refractivity contribution is -0.120. The van der Waals surface area contributed by atoms with Crippen molar-refractivity contribution in [1.29, 1.82) is 0 Å². The second-order valence-electron chi connectivity index (χ2n) is 5.43. The molecule has 0 saturated heterocycles. The molecule has 0 unspecified atom stereocenters. The Morgan fingerprint density at radius 1 is 1.00 bits per heavy atom. The first-order valence-corrected chi connectivity index (χ1v) is 8.14. The van der Waals surface area contributed by atoms with E-state index in [1.54, 1.807) is 19.2 Å². The number of anilines is 2. The fourth-order valence-electron chi connectivity index (χ4n) is 2.31.